The monoisotopic (exact) mass is 351 g/mol. The van der Waals surface area contributed by atoms with Gasteiger partial charge in [0.05, 0.1) is 0 Å². The van der Waals surface area contributed by atoms with Crippen molar-refractivity contribution in [2.75, 3.05) is 5.32 Å². The van der Waals surface area contributed by atoms with E-state index in [0.29, 0.717) is 0 Å². The van der Waals surface area contributed by atoms with Crippen LogP contribution >= 0.6 is 0 Å². The van der Waals surface area contributed by atoms with E-state index in [4.69, 9.17) is 0 Å². The SMILES string of the molecule is Cc1cc(C)cc(NC(=O)c2cccc(C(=O)NC3CCCCC3)n2)c1. The van der Waals surface area contributed by atoms with Crippen LogP contribution in [0, 0.1) is 13.8 Å². The number of rotatable bonds is 4. The first-order chi connectivity index (χ1) is 12.5. The molecule has 1 aliphatic rings. The number of carbonyl (C=O) groups is 2. The summed E-state index contributed by atoms with van der Waals surface area (Å²) in [6.45, 7) is 3.97. The Labute approximate surface area is 154 Å². The lowest BCUT2D eigenvalue weighted by Gasteiger charge is -2.22. The molecule has 0 aliphatic heterocycles. The molecular weight excluding hydrogens is 326 g/mol. The van der Waals surface area contributed by atoms with Gasteiger partial charge in [-0.1, -0.05) is 31.4 Å². The van der Waals surface area contributed by atoms with E-state index >= 15 is 0 Å². The Bertz CT molecular complexity index is 790. The second kappa shape index (κ2) is 8.13. The molecule has 1 aromatic carbocycles. The number of aromatic nitrogens is 1. The highest BCUT2D eigenvalue weighted by Gasteiger charge is 2.18. The number of anilines is 1. The summed E-state index contributed by atoms with van der Waals surface area (Å²) in [5.41, 5.74) is 3.40. The number of carbonyl (C=O) groups excluding carboxylic acids is 2. The third-order valence-electron chi connectivity index (χ3n) is 4.63. The van der Waals surface area contributed by atoms with Gasteiger partial charge in [0.1, 0.15) is 11.4 Å². The zero-order chi connectivity index (χ0) is 18.5. The molecule has 1 heterocycles. The van der Waals surface area contributed by atoms with Gasteiger partial charge in [-0.15, -0.1) is 0 Å². The largest absolute Gasteiger partial charge is 0.348 e. The average molecular weight is 351 g/mol. The van der Waals surface area contributed by atoms with Crippen LogP contribution in [-0.4, -0.2) is 22.8 Å². The molecule has 1 fully saturated rings. The van der Waals surface area contributed by atoms with Crippen LogP contribution in [-0.2, 0) is 0 Å². The van der Waals surface area contributed by atoms with Gasteiger partial charge < -0.3 is 10.6 Å². The van der Waals surface area contributed by atoms with Crippen molar-refractivity contribution in [2.45, 2.75) is 52.0 Å². The molecule has 26 heavy (non-hydrogen) atoms. The number of hydrogen-bond acceptors (Lipinski definition) is 3. The van der Waals surface area contributed by atoms with E-state index in [1.165, 1.54) is 6.42 Å². The van der Waals surface area contributed by atoms with Gasteiger partial charge in [-0.25, -0.2) is 4.98 Å². The van der Waals surface area contributed by atoms with Crippen LogP contribution in [0.5, 0.6) is 0 Å². The highest BCUT2D eigenvalue weighted by molar-refractivity contribution is 6.04. The first-order valence-corrected chi connectivity index (χ1v) is 9.19. The minimum atomic E-state index is -0.317. The fourth-order valence-electron chi connectivity index (χ4n) is 3.44. The number of nitrogens with zero attached hydrogens (tertiary/aromatic N) is 1. The van der Waals surface area contributed by atoms with Crippen molar-refractivity contribution in [2.24, 2.45) is 0 Å². The summed E-state index contributed by atoms with van der Waals surface area (Å²) >= 11 is 0. The van der Waals surface area contributed by atoms with Crippen LogP contribution in [0.1, 0.15) is 64.2 Å². The van der Waals surface area contributed by atoms with E-state index in [2.05, 4.69) is 15.6 Å². The molecule has 1 saturated carbocycles. The van der Waals surface area contributed by atoms with Crippen LogP contribution in [0.3, 0.4) is 0 Å². The quantitative estimate of drug-likeness (QED) is 0.874. The maximum Gasteiger partial charge on any atom is 0.274 e. The Hall–Kier alpha value is -2.69. The molecule has 2 amide bonds. The van der Waals surface area contributed by atoms with Gasteiger partial charge in [0, 0.05) is 11.7 Å². The van der Waals surface area contributed by atoms with Crippen LogP contribution in [0.4, 0.5) is 5.69 Å². The lowest BCUT2D eigenvalue weighted by atomic mass is 9.95. The Morgan fingerprint density at radius 2 is 1.54 bits per heavy atom. The van der Waals surface area contributed by atoms with Gasteiger partial charge in [0.15, 0.2) is 0 Å². The van der Waals surface area contributed by atoms with Crippen molar-refractivity contribution in [3.05, 3.63) is 58.9 Å². The Kier molecular flexibility index (Phi) is 5.66. The molecule has 0 bridgehead atoms. The van der Waals surface area contributed by atoms with Crippen molar-refractivity contribution < 1.29 is 9.59 Å². The topological polar surface area (TPSA) is 71.1 Å². The summed E-state index contributed by atoms with van der Waals surface area (Å²) in [7, 11) is 0. The third kappa shape index (κ3) is 4.69. The number of pyridine rings is 1. The third-order valence-corrected chi connectivity index (χ3v) is 4.63. The summed E-state index contributed by atoms with van der Waals surface area (Å²) in [6, 6.07) is 11.0. The highest BCUT2D eigenvalue weighted by atomic mass is 16.2. The Balaban J connectivity index is 1.69. The molecule has 1 aromatic heterocycles. The van der Waals surface area contributed by atoms with Gasteiger partial charge in [-0.3, -0.25) is 9.59 Å². The van der Waals surface area contributed by atoms with E-state index < -0.39 is 0 Å². The maximum atomic E-state index is 12.5. The van der Waals surface area contributed by atoms with Gasteiger partial charge in [0.2, 0.25) is 0 Å². The van der Waals surface area contributed by atoms with Crippen LogP contribution in [0.15, 0.2) is 36.4 Å². The van der Waals surface area contributed by atoms with Gasteiger partial charge in [-0.05, 0) is 62.1 Å². The molecule has 0 atom stereocenters. The van der Waals surface area contributed by atoms with Crippen LogP contribution in [0.2, 0.25) is 0 Å². The highest BCUT2D eigenvalue weighted by Crippen LogP contribution is 2.18. The number of hydrogen-bond donors (Lipinski definition) is 2. The molecule has 3 rings (SSSR count). The summed E-state index contributed by atoms with van der Waals surface area (Å²) in [4.78, 5) is 29.2. The van der Waals surface area contributed by atoms with E-state index in [9.17, 15) is 9.59 Å². The number of nitrogens with one attached hydrogen (secondary N) is 2. The van der Waals surface area contributed by atoms with Crippen molar-refractivity contribution in [3.63, 3.8) is 0 Å². The second-order valence-electron chi connectivity index (χ2n) is 7.05. The normalized spacial score (nSPS) is 14.7. The van der Waals surface area contributed by atoms with Crippen molar-refractivity contribution in [1.82, 2.24) is 10.3 Å². The zero-order valence-corrected chi connectivity index (χ0v) is 15.3. The van der Waals surface area contributed by atoms with E-state index in [0.717, 1.165) is 42.5 Å². The molecular formula is C21H25N3O2. The van der Waals surface area contributed by atoms with Gasteiger partial charge in [-0.2, -0.15) is 0 Å². The lowest BCUT2D eigenvalue weighted by Crippen LogP contribution is -2.36. The Morgan fingerprint density at radius 1 is 0.923 bits per heavy atom. The van der Waals surface area contributed by atoms with E-state index in [1.807, 2.05) is 32.0 Å². The number of amides is 2. The maximum absolute atomic E-state index is 12.5. The summed E-state index contributed by atoms with van der Waals surface area (Å²) in [5, 5.41) is 5.89. The molecule has 5 heteroatoms. The molecule has 5 nitrogen and oxygen atoms in total. The molecule has 2 N–H and O–H groups in total. The average Bonchev–Trinajstić information content (AvgIpc) is 2.62. The lowest BCUT2D eigenvalue weighted by molar-refractivity contribution is 0.0922. The summed E-state index contributed by atoms with van der Waals surface area (Å²) in [5.74, 6) is -0.528. The predicted molar refractivity (Wildman–Crippen MR) is 102 cm³/mol. The molecule has 1 aliphatic carbocycles. The molecule has 0 spiro atoms. The van der Waals surface area contributed by atoms with Gasteiger partial charge in [0.25, 0.3) is 11.8 Å². The summed E-state index contributed by atoms with van der Waals surface area (Å²) in [6.07, 6.45) is 5.56. The van der Waals surface area contributed by atoms with E-state index in [1.54, 1.807) is 18.2 Å². The standard InChI is InChI=1S/C21H25N3O2/c1-14-11-15(2)13-17(12-14)23-21(26)19-10-6-9-18(24-19)20(25)22-16-7-4-3-5-8-16/h6,9-13,16H,3-5,7-8H2,1-2H3,(H,22,25)(H,23,26). The molecule has 0 unspecified atom stereocenters. The van der Waals surface area contributed by atoms with Gasteiger partial charge >= 0.3 is 0 Å². The molecule has 136 valence electrons. The Morgan fingerprint density at radius 3 is 2.19 bits per heavy atom. The van der Waals surface area contributed by atoms with Crippen LogP contribution < -0.4 is 10.6 Å². The second-order valence-corrected chi connectivity index (χ2v) is 7.05. The first kappa shape index (κ1) is 18.1. The number of benzene rings is 1. The van der Waals surface area contributed by atoms with Crippen molar-refractivity contribution in [1.29, 1.82) is 0 Å². The smallest absolute Gasteiger partial charge is 0.274 e. The minimum absolute atomic E-state index is 0.210. The zero-order valence-electron chi connectivity index (χ0n) is 15.3. The molecule has 0 radical (unpaired) electrons. The predicted octanol–water partition coefficient (Wildman–Crippen LogP) is 4.01. The fraction of sp³-hybridized carbons (Fsp3) is 0.381. The van der Waals surface area contributed by atoms with Crippen LogP contribution in [0.25, 0.3) is 0 Å². The first-order valence-electron chi connectivity index (χ1n) is 9.19. The van der Waals surface area contributed by atoms with E-state index in [-0.39, 0.29) is 29.2 Å². The molecule has 2 aromatic rings. The summed E-state index contributed by atoms with van der Waals surface area (Å²) < 4.78 is 0. The fourth-order valence-corrected chi connectivity index (χ4v) is 3.44. The molecule has 0 saturated heterocycles. The van der Waals surface area contributed by atoms with Crippen molar-refractivity contribution >= 4 is 17.5 Å². The minimum Gasteiger partial charge on any atom is -0.348 e. The number of aryl methyl sites for hydroxylation is 2. The van der Waals surface area contributed by atoms with Crippen molar-refractivity contribution in [3.8, 4) is 0 Å².